The summed E-state index contributed by atoms with van der Waals surface area (Å²) in [6, 6.07) is 5.56. The van der Waals surface area contributed by atoms with Gasteiger partial charge in [-0.05, 0) is 25.1 Å². The maximum absolute atomic E-state index is 12.2. The summed E-state index contributed by atoms with van der Waals surface area (Å²) < 4.78 is 36.5. The van der Waals surface area contributed by atoms with Crippen LogP contribution in [0.15, 0.2) is 24.4 Å². The predicted octanol–water partition coefficient (Wildman–Crippen LogP) is 2.43. The van der Waals surface area contributed by atoms with Gasteiger partial charge >= 0.3 is 6.18 Å². The fourth-order valence-corrected chi connectivity index (χ4v) is 2.09. The SMILES string of the molecule is FC(F)(F)CN1CC[C@H](c2ccccn2)C1. The summed E-state index contributed by atoms with van der Waals surface area (Å²) in [4.78, 5) is 5.63. The molecule has 0 amide bonds. The molecule has 1 aromatic heterocycles. The molecule has 0 spiro atoms. The lowest BCUT2D eigenvalue weighted by molar-refractivity contribution is -0.143. The minimum absolute atomic E-state index is 0.142. The predicted molar refractivity (Wildman–Crippen MR) is 54.1 cm³/mol. The molecule has 5 heteroatoms. The summed E-state index contributed by atoms with van der Waals surface area (Å²) in [6.45, 7) is 0.146. The Bertz CT molecular complexity index is 337. The first-order valence-corrected chi connectivity index (χ1v) is 5.24. The zero-order chi connectivity index (χ0) is 11.6. The van der Waals surface area contributed by atoms with Gasteiger partial charge in [-0.3, -0.25) is 9.88 Å². The molecule has 0 radical (unpaired) electrons. The van der Waals surface area contributed by atoms with Crippen molar-refractivity contribution in [2.24, 2.45) is 0 Å². The zero-order valence-electron chi connectivity index (χ0n) is 8.74. The van der Waals surface area contributed by atoms with Crippen LogP contribution in [-0.4, -0.2) is 35.7 Å². The Morgan fingerprint density at radius 1 is 1.38 bits per heavy atom. The Morgan fingerprint density at radius 2 is 2.19 bits per heavy atom. The van der Waals surface area contributed by atoms with E-state index in [2.05, 4.69) is 4.98 Å². The largest absolute Gasteiger partial charge is 0.401 e. The van der Waals surface area contributed by atoms with Gasteiger partial charge in [-0.15, -0.1) is 0 Å². The monoisotopic (exact) mass is 230 g/mol. The van der Waals surface area contributed by atoms with E-state index in [0.717, 1.165) is 12.1 Å². The van der Waals surface area contributed by atoms with E-state index in [-0.39, 0.29) is 5.92 Å². The van der Waals surface area contributed by atoms with E-state index in [1.54, 1.807) is 6.20 Å². The number of rotatable bonds is 2. The topological polar surface area (TPSA) is 16.1 Å². The van der Waals surface area contributed by atoms with Gasteiger partial charge < -0.3 is 0 Å². The molecule has 1 fully saturated rings. The average molecular weight is 230 g/mol. The Labute approximate surface area is 92.1 Å². The highest BCUT2D eigenvalue weighted by Gasteiger charge is 2.34. The van der Waals surface area contributed by atoms with Crippen molar-refractivity contribution in [3.8, 4) is 0 Å². The second kappa shape index (κ2) is 4.41. The van der Waals surface area contributed by atoms with Gasteiger partial charge in [-0.1, -0.05) is 6.07 Å². The summed E-state index contributed by atoms with van der Waals surface area (Å²) in [5.41, 5.74) is 0.896. The van der Waals surface area contributed by atoms with E-state index >= 15 is 0 Å². The lowest BCUT2D eigenvalue weighted by atomic mass is 10.0. The van der Waals surface area contributed by atoms with E-state index < -0.39 is 12.7 Å². The number of likely N-dealkylation sites (tertiary alicyclic amines) is 1. The van der Waals surface area contributed by atoms with E-state index in [4.69, 9.17) is 0 Å². The third-order valence-electron chi connectivity index (χ3n) is 2.78. The van der Waals surface area contributed by atoms with Crippen molar-refractivity contribution in [2.45, 2.75) is 18.5 Å². The Morgan fingerprint density at radius 3 is 2.81 bits per heavy atom. The van der Waals surface area contributed by atoms with Crippen LogP contribution in [0.2, 0.25) is 0 Å². The number of nitrogens with zero attached hydrogens (tertiary/aromatic N) is 2. The second-order valence-electron chi connectivity index (χ2n) is 4.09. The quantitative estimate of drug-likeness (QED) is 0.775. The highest BCUT2D eigenvalue weighted by Crippen LogP contribution is 2.28. The maximum Gasteiger partial charge on any atom is 0.401 e. The Kier molecular flexibility index (Phi) is 3.14. The molecule has 2 rings (SSSR count). The number of hydrogen-bond donors (Lipinski definition) is 0. The van der Waals surface area contributed by atoms with Crippen LogP contribution in [0.5, 0.6) is 0 Å². The number of pyridine rings is 1. The van der Waals surface area contributed by atoms with Crippen LogP contribution in [0.4, 0.5) is 13.2 Å². The molecular formula is C11H13F3N2. The fourth-order valence-electron chi connectivity index (χ4n) is 2.09. The normalized spacial score (nSPS) is 22.6. The van der Waals surface area contributed by atoms with Gasteiger partial charge in [-0.2, -0.15) is 13.2 Å². The van der Waals surface area contributed by atoms with E-state index in [9.17, 15) is 13.2 Å². The van der Waals surface area contributed by atoms with Gasteiger partial charge in [0.15, 0.2) is 0 Å². The van der Waals surface area contributed by atoms with Crippen molar-refractivity contribution >= 4 is 0 Å². The average Bonchev–Trinajstić information content (AvgIpc) is 2.65. The summed E-state index contributed by atoms with van der Waals surface area (Å²) in [7, 11) is 0. The Hall–Kier alpha value is -1.10. The molecule has 2 heterocycles. The van der Waals surface area contributed by atoms with Crippen molar-refractivity contribution in [1.29, 1.82) is 0 Å². The van der Waals surface area contributed by atoms with E-state index in [1.165, 1.54) is 4.90 Å². The third-order valence-corrected chi connectivity index (χ3v) is 2.78. The molecule has 1 saturated heterocycles. The molecule has 2 nitrogen and oxygen atoms in total. The molecule has 0 unspecified atom stereocenters. The summed E-state index contributed by atoms with van der Waals surface area (Å²) in [6.07, 6.45) is -1.66. The molecular weight excluding hydrogens is 217 g/mol. The molecule has 1 atom stereocenters. The van der Waals surface area contributed by atoms with Crippen molar-refractivity contribution in [3.63, 3.8) is 0 Å². The lowest BCUT2D eigenvalue weighted by Gasteiger charge is -2.17. The minimum atomic E-state index is -4.10. The lowest BCUT2D eigenvalue weighted by Crippen LogP contribution is -2.32. The molecule has 1 aliphatic heterocycles. The summed E-state index contributed by atoms with van der Waals surface area (Å²) in [5.74, 6) is 0.142. The second-order valence-corrected chi connectivity index (χ2v) is 4.09. The van der Waals surface area contributed by atoms with E-state index in [0.29, 0.717) is 13.1 Å². The molecule has 0 saturated carbocycles. The van der Waals surface area contributed by atoms with Crippen LogP contribution in [0.1, 0.15) is 18.0 Å². The molecule has 0 bridgehead atoms. The Balaban J connectivity index is 1.94. The first kappa shape index (κ1) is 11.4. The van der Waals surface area contributed by atoms with Crippen LogP contribution in [0.3, 0.4) is 0 Å². The highest BCUT2D eigenvalue weighted by molar-refractivity contribution is 5.11. The van der Waals surface area contributed by atoms with Crippen LogP contribution in [0, 0.1) is 0 Å². The van der Waals surface area contributed by atoms with Gasteiger partial charge in [0.1, 0.15) is 0 Å². The molecule has 1 aromatic rings. The summed E-state index contributed by atoms with van der Waals surface area (Å²) in [5, 5.41) is 0. The molecule has 88 valence electrons. The molecule has 0 aliphatic carbocycles. The van der Waals surface area contributed by atoms with Gasteiger partial charge in [0, 0.05) is 24.4 Å². The number of halogens is 3. The zero-order valence-corrected chi connectivity index (χ0v) is 8.74. The van der Waals surface area contributed by atoms with Crippen molar-refractivity contribution in [3.05, 3.63) is 30.1 Å². The fraction of sp³-hybridized carbons (Fsp3) is 0.545. The smallest absolute Gasteiger partial charge is 0.294 e. The van der Waals surface area contributed by atoms with Crippen molar-refractivity contribution < 1.29 is 13.2 Å². The van der Waals surface area contributed by atoms with Gasteiger partial charge in [0.25, 0.3) is 0 Å². The summed E-state index contributed by atoms with van der Waals surface area (Å²) >= 11 is 0. The number of hydrogen-bond acceptors (Lipinski definition) is 2. The van der Waals surface area contributed by atoms with Crippen molar-refractivity contribution in [2.75, 3.05) is 19.6 Å². The highest BCUT2D eigenvalue weighted by atomic mass is 19.4. The van der Waals surface area contributed by atoms with Crippen molar-refractivity contribution in [1.82, 2.24) is 9.88 Å². The first-order valence-electron chi connectivity index (χ1n) is 5.24. The van der Waals surface area contributed by atoms with Crippen LogP contribution in [0.25, 0.3) is 0 Å². The van der Waals surface area contributed by atoms with Gasteiger partial charge in [0.05, 0.1) is 6.54 Å². The van der Waals surface area contributed by atoms with Gasteiger partial charge in [0.2, 0.25) is 0 Å². The minimum Gasteiger partial charge on any atom is -0.294 e. The maximum atomic E-state index is 12.2. The van der Waals surface area contributed by atoms with Crippen LogP contribution >= 0.6 is 0 Å². The number of aromatic nitrogens is 1. The third kappa shape index (κ3) is 2.95. The molecule has 1 aliphatic rings. The number of alkyl halides is 3. The van der Waals surface area contributed by atoms with Crippen LogP contribution < -0.4 is 0 Å². The van der Waals surface area contributed by atoms with E-state index in [1.807, 2.05) is 18.2 Å². The molecule has 0 N–H and O–H groups in total. The first-order chi connectivity index (χ1) is 7.54. The molecule has 0 aromatic carbocycles. The standard InChI is InChI=1S/C11H13F3N2/c12-11(13,14)8-16-6-4-9(7-16)10-3-1-2-5-15-10/h1-3,5,9H,4,6-8H2/t9-/m0/s1. The molecule has 16 heavy (non-hydrogen) atoms. The van der Waals surface area contributed by atoms with Crippen LogP contribution in [-0.2, 0) is 0 Å². The van der Waals surface area contributed by atoms with Gasteiger partial charge in [-0.25, -0.2) is 0 Å².